The van der Waals surface area contributed by atoms with E-state index in [1.807, 2.05) is 0 Å². The molecule has 2 aliphatic rings. The molecule has 0 spiro atoms. The summed E-state index contributed by atoms with van der Waals surface area (Å²) < 4.78 is 17.3. The van der Waals surface area contributed by atoms with Gasteiger partial charge in [-0.2, -0.15) is 0 Å². The zero-order chi connectivity index (χ0) is 25.4. The summed E-state index contributed by atoms with van der Waals surface area (Å²) in [4.78, 5) is 12.2. The number of carbonyl (C=O) groups is 1. The fourth-order valence-electron chi connectivity index (χ4n) is 4.08. The third kappa shape index (κ3) is 7.23. The topological polar surface area (TPSA) is 280 Å². The van der Waals surface area contributed by atoms with Crippen molar-refractivity contribution in [2.24, 2.45) is 28.7 Å². The van der Waals surface area contributed by atoms with E-state index in [-0.39, 0.29) is 26.1 Å². The molecule has 34 heavy (non-hydrogen) atoms. The molecule has 1 heterocycles. The Morgan fingerprint density at radius 1 is 1.06 bits per heavy atom. The zero-order valence-electron chi connectivity index (χ0n) is 19.1. The minimum absolute atomic E-state index is 0.0941. The van der Waals surface area contributed by atoms with E-state index in [1.165, 1.54) is 0 Å². The normalized spacial score (nSPS) is 39.6. The Morgan fingerprint density at radius 3 is 2.38 bits per heavy atom. The quantitative estimate of drug-likeness (QED) is 0.112. The average Bonchev–Trinajstić information content (AvgIpc) is 2.82. The molecule has 2 fully saturated rings. The van der Waals surface area contributed by atoms with Gasteiger partial charge in [0.1, 0.15) is 42.7 Å². The van der Waals surface area contributed by atoms with Crippen LogP contribution < -0.4 is 39.3 Å². The Labute approximate surface area is 198 Å². The van der Waals surface area contributed by atoms with Gasteiger partial charge in [-0.05, 0) is 6.42 Å². The standard InChI is InChI=1S/C19H41N7O8/c20-1-2-25-3-4-32-17-9(26-18(31)10(27)6-21)5-8(23)16(15(17)30)34-19-12(24)14(29)13(28)11(7-22)33-19/h8-17,19,25,27-30H,1-7,20-24H2,(H,26,31)/t8?,9-,10+,11?,12?,13-,14-,15+,16-,17?,19-/m1/s1. The van der Waals surface area contributed by atoms with E-state index in [0.717, 1.165) is 0 Å². The van der Waals surface area contributed by atoms with E-state index >= 15 is 0 Å². The Kier molecular flexibility index (Phi) is 11.9. The van der Waals surface area contributed by atoms with Gasteiger partial charge in [0.2, 0.25) is 5.91 Å². The van der Waals surface area contributed by atoms with Gasteiger partial charge in [0.25, 0.3) is 0 Å². The second-order valence-electron chi connectivity index (χ2n) is 8.57. The minimum atomic E-state index is -1.43. The first kappa shape index (κ1) is 29.2. The fraction of sp³-hybridized carbons (Fsp3) is 0.947. The third-order valence-electron chi connectivity index (χ3n) is 6.05. The van der Waals surface area contributed by atoms with E-state index in [0.29, 0.717) is 19.6 Å². The zero-order valence-corrected chi connectivity index (χ0v) is 19.1. The van der Waals surface area contributed by atoms with Crippen LogP contribution in [0, 0.1) is 0 Å². The van der Waals surface area contributed by atoms with Crippen LogP contribution in [0.5, 0.6) is 0 Å². The van der Waals surface area contributed by atoms with Gasteiger partial charge in [-0.15, -0.1) is 0 Å². The molecule has 15 heteroatoms. The molecule has 0 bridgehead atoms. The molecule has 0 aromatic rings. The van der Waals surface area contributed by atoms with E-state index in [9.17, 15) is 25.2 Å². The number of carbonyl (C=O) groups excluding carboxylic acids is 1. The van der Waals surface area contributed by atoms with Crippen LogP contribution in [0.15, 0.2) is 0 Å². The second kappa shape index (κ2) is 13.9. The molecular formula is C19H41N7O8. The van der Waals surface area contributed by atoms with Crippen molar-refractivity contribution in [1.82, 2.24) is 10.6 Å². The number of ether oxygens (including phenoxy) is 3. The number of nitrogens with one attached hydrogen (secondary N) is 2. The number of amides is 1. The van der Waals surface area contributed by atoms with Crippen LogP contribution in [0.1, 0.15) is 6.42 Å². The second-order valence-corrected chi connectivity index (χ2v) is 8.57. The van der Waals surface area contributed by atoms with Gasteiger partial charge in [-0.1, -0.05) is 0 Å². The lowest BCUT2D eigenvalue weighted by Gasteiger charge is -2.47. The van der Waals surface area contributed by atoms with E-state index in [4.69, 9.17) is 42.9 Å². The van der Waals surface area contributed by atoms with Crippen molar-refractivity contribution < 1.29 is 39.4 Å². The highest BCUT2D eigenvalue weighted by molar-refractivity contribution is 5.81. The smallest absolute Gasteiger partial charge is 0.250 e. The third-order valence-corrected chi connectivity index (χ3v) is 6.05. The van der Waals surface area contributed by atoms with Gasteiger partial charge in [0.05, 0.1) is 18.7 Å². The van der Waals surface area contributed by atoms with E-state index in [1.54, 1.807) is 0 Å². The molecular weight excluding hydrogens is 454 g/mol. The SMILES string of the molecule is NCCNCCOC1[C@@H](O)[C@H](O[C@H]2OC(CN)[C@@H](O)[C@H](O)C2N)C(N)C[C@H]1NC(=O)[C@@H](O)CN. The maximum atomic E-state index is 12.2. The lowest BCUT2D eigenvalue weighted by atomic mass is 9.83. The molecule has 1 aliphatic carbocycles. The molecule has 15 nitrogen and oxygen atoms in total. The summed E-state index contributed by atoms with van der Waals surface area (Å²) >= 11 is 0. The lowest BCUT2D eigenvalue weighted by Crippen LogP contribution is -2.68. The number of aliphatic hydroxyl groups is 4. The van der Waals surface area contributed by atoms with Gasteiger partial charge in [-0.3, -0.25) is 4.79 Å². The molecule has 11 atom stereocenters. The number of hydrogen-bond donors (Lipinski definition) is 11. The summed E-state index contributed by atoms with van der Waals surface area (Å²) in [6.45, 7) is 1.25. The molecule has 16 N–H and O–H groups in total. The van der Waals surface area contributed by atoms with Crippen LogP contribution >= 0.6 is 0 Å². The van der Waals surface area contributed by atoms with Crippen LogP contribution in [-0.4, -0.2) is 133 Å². The minimum Gasteiger partial charge on any atom is -0.388 e. The molecule has 200 valence electrons. The summed E-state index contributed by atoms with van der Waals surface area (Å²) in [6, 6.07) is -2.69. The molecule has 0 radical (unpaired) electrons. The molecule has 0 aromatic heterocycles. The highest BCUT2D eigenvalue weighted by atomic mass is 16.7. The highest BCUT2D eigenvalue weighted by Gasteiger charge is 2.49. The first-order valence-electron chi connectivity index (χ1n) is 11.4. The number of nitrogens with two attached hydrogens (primary N) is 5. The summed E-state index contributed by atoms with van der Waals surface area (Å²) in [7, 11) is 0. The van der Waals surface area contributed by atoms with Gasteiger partial charge < -0.3 is 73.9 Å². The largest absolute Gasteiger partial charge is 0.388 e. The van der Waals surface area contributed by atoms with Crippen LogP contribution in [0.4, 0.5) is 0 Å². The lowest BCUT2D eigenvalue weighted by molar-refractivity contribution is -0.289. The monoisotopic (exact) mass is 495 g/mol. The predicted octanol–water partition coefficient (Wildman–Crippen LogP) is -7.07. The highest BCUT2D eigenvalue weighted by Crippen LogP contribution is 2.29. The summed E-state index contributed by atoms with van der Waals surface area (Å²) in [5.41, 5.74) is 28.6. The average molecular weight is 496 g/mol. The van der Waals surface area contributed by atoms with Crippen molar-refractivity contribution in [2.75, 3.05) is 39.3 Å². The first-order valence-corrected chi connectivity index (χ1v) is 11.4. The van der Waals surface area contributed by atoms with Gasteiger partial charge >= 0.3 is 0 Å². The molecule has 2 rings (SSSR count). The summed E-state index contributed by atoms with van der Waals surface area (Å²) in [6.07, 6.45) is -9.45. The number of hydrogen-bond acceptors (Lipinski definition) is 14. The van der Waals surface area contributed by atoms with Gasteiger partial charge in [0.15, 0.2) is 6.29 Å². The maximum absolute atomic E-state index is 12.2. The Morgan fingerprint density at radius 2 is 1.76 bits per heavy atom. The Bertz CT molecular complexity index is 621. The molecule has 1 saturated carbocycles. The van der Waals surface area contributed by atoms with Crippen LogP contribution in [0.25, 0.3) is 0 Å². The Balaban J connectivity index is 2.13. The van der Waals surface area contributed by atoms with Crippen LogP contribution in [-0.2, 0) is 19.0 Å². The van der Waals surface area contributed by atoms with Crippen molar-refractivity contribution in [1.29, 1.82) is 0 Å². The van der Waals surface area contributed by atoms with Gasteiger partial charge in [0, 0.05) is 38.8 Å². The maximum Gasteiger partial charge on any atom is 0.250 e. The van der Waals surface area contributed by atoms with Crippen LogP contribution in [0.2, 0.25) is 0 Å². The molecule has 1 saturated heterocycles. The van der Waals surface area contributed by atoms with E-state index < -0.39 is 73.1 Å². The predicted molar refractivity (Wildman–Crippen MR) is 120 cm³/mol. The van der Waals surface area contributed by atoms with Crippen LogP contribution in [0.3, 0.4) is 0 Å². The molecule has 4 unspecified atom stereocenters. The van der Waals surface area contributed by atoms with Crippen molar-refractivity contribution >= 4 is 5.91 Å². The van der Waals surface area contributed by atoms with Crippen molar-refractivity contribution in [2.45, 2.75) is 73.6 Å². The van der Waals surface area contributed by atoms with Crippen molar-refractivity contribution in [3.05, 3.63) is 0 Å². The first-order chi connectivity index (χ1) is 16.2. The van der Waals surface area contributed by atoms with Crippen molar-refractivity contribution in [3.8, 4) is 0 Å². The van der Waals surface area contributed by atoms with Crippen molar-refractivity contribution in [3.63, 3.8) is 0 Å². The summed E-state index contributed by atoms with van der Waals surface area (Å²) in [5, 5.41) is 46.8. The number of aliphatic hydroxyl groups excluding tert-OH is 4. The fourth-order valence-corrected chi connectivity index (χ4v) is 4.08. The molecule has 0 aromatic carbocycles. The summed E-state index contributed by atoms with van der Waals surface area (Å²) in [5.74, 6) is -0.721. The molecule has 1 aliphatic heterocycles. The number of rotatable bonds is 12. The Hall–Kier alpha value is -1.05. The molecule has 1 amide bonds. The van der Waals surface area contributed by atoms with E-state index in [2.05, 4.69) is 10.6 Å². The van der Waals surface area contributed by atoms with Gasteiger partial charge in [-0.25, -0.2) is 0 Å².